The molecule has 4 nitrogen and oxygen atoms in total. The third-order valence-corrected chi connectivity index (χ3v) is 3.32. The molecular formula is C16H20N4. The molecule has 3 aromatic rings. The number of rotatable bonds is 4. The first kappa shape index (κ1) is 12.9. The minimum atomic E-state index is 0.356. The van der Waals surface area contributed by atoms with Gasteiger partial charge in [0.05, 0.1) is 11.7 Å². The summed E-state index contributed by atoms with van der Waals surface area (Å²) in [5.41, 5.74) is 6.60. The van der Waals surface area contributed by atoms with Crippen molar-refractivity contribution in [1.82, 2.24) is 14.6 Å². The van der Waals surface area contributed by atoms with Gasteiger partial charge in [0.1, 0.15) is 16.9 Å². The summed E-state index contributed by atoms with van der Waals surface area (Å²) in [5, 5.41) is 1.15. The Bertz CT molecular complexity index is 743. The predicted octanol–water partition coefficient (Wildman–Crippen LogP) is 3.49. The van der Waals surface area contributed by atoms with Gasteiger partial charge in [0.2, 0.25) is 0 Å². The fourth-order valence-corrected chi connectivity index (χ4v) is 2.54. The minimum absolute atomic E-state index is 0.356. The molecule has 0 aliphatic heterocycles. The molecule has 0 amide bonds. The van der Waals surface area contributed by atoms with Crippen LogP contribution in [-0.4, -0.2) is 20.7 Å². The molecule has 0 bridgehead atoms. The van der Waals surface area contributed by atoms with Gasteiger partial charge >= 0.3 is 0 Å². The van der Waals surface area contributed by atoms with Gasteiger partial charge < -0.3 is 5.43 Å². The topological polar surface area (TPSA) is 42.7 Å². The normalized spacial score (nSPS) is 11.6. The fraction of sp³-hybridized carbons (Fsp3) is 0.375. The Balaban J connectivity index is 2.33. The van der Waals surface area contributed by atoms with E-state index in [1.807, 2.05) is 18.3 Å². The van der Waals surface area contributed by atoms with Gasteiger partial charge in [-0.2, -0.15) is 0 Å². The summed E-state index contributed by atoms with van der Waals surface area (Å²) < 4.78 is 2.15. The Morgan fingerprint density at radius 2 is 2.00 bits per heavy atom. The van der Waals surface area contributed by atoms with Gasteiger partial charge in [0.15, 0.2) is 0 Å². The Kier molecular flexibility index (Phi) is 3.30. The molecule has 2 heterocycles. The van der Waals surface area contributed by atoms with Gasteiger partial charge in [-0.05, 0) is 26.3 Å². The van der Waals surface area contributed by atoms with E-state index in [0.717, 1.165) is 40.6 Å². The number of fused-ring (bicyclic) bond motifs is 3. The molecule has 0 fully saturated rings. The van der Waals surface area contributed by atoms with Gasteiger partial charge in [-0.3, -0.25) is 4.98 Å². The van der Waals surface area contributed by atoms with Crippen LogP contribution in [0.2, 0.25) is 0 Å². The van der Waals surface area contributed by atoms with Crippen LogP contribution in [0.3, 0.4) is 0 Å². The van der Waals surface area contributed by atoms with Crippen LogP contribution in [0.15, 0.2) is 30.5 Å². The number of para-hydroxylation sites is 1. The van der Waals surface area contributed by atoms with Gasteiger partial charge in [-0.1, -0.05) is 25.1 Å². The summed E-state index contributed by atoms with van der Waals surface area (Å²) in [7, 11) is 0. The van der Waals surface area contributed by atoms with Gasteiger partial charge in [0.25, 0.3) is 0 Å². The van der Waals surface area contributed by atoms with Crippen LogP contribution in [0.1, 0.15) is 33.0 Å². The summed E-state index contributed by atoms with van der Waals surface area (Å²) in [5.74, 6) is 1.08. The molecule has 0 atom stereocenters. The van der Waals surface area contributed by atoms with Crippen molar-refractivity contribution in [2.45, 2.75) is 39.7 Å². The second-order valence-electron chi connectivity index (χ2n) is 5.41. The molecular weight excluding hydrogens is 248 g/mol. The fourth-order valence-electron chi connectivity index (χ4n) is 2.54. The van der Waals surface area contributed by atoms with Crippen molar-refractivity contribution in [2.75, 3.05) is 5.43 Å². The lowest BCUT2D eigenvalue weighted by atomic mass is 10.2. The number of hydrogen-bond acceptors (Lipinski definition) is 3. The molecule has 0 aliphatic rings. The van der Waals surface area contributed by atoms with E-state index in [2.05, 4.69) is 48.0 Å². The van der Waals surface area contributed by atoms with Crippen molar-refractivity contribution >= 4 is 21.9 Å². The average Bonchev–Trinajstić information content (AvgIpc) is 2.77. The first-order valence-electron chi connectivity index (χ1n) is 7.22. The quantitative estimate of drug-likeness (QED) is 0.787. The Hall–Kier alpha value is -2.10. The summed E-state index contributed by atoms with van der Waals surface area (Å²) in [6, 6.07) is 8.58. The molecule has 0 unspecified atom stereocenters. The standard InChI is InChI=1S/C16H20N4/c1-4-7-15-18-14-10-17-13-9-6-5-8-12(13)16(14)20(15)19-11(2)3/h5-6,8-11,19H,4,7H2,1-3H3. The maximum atomic E-state index is 4.74. The predicted molar refractivity (Wildman–Crippen MR) is 83.5 cm³/mol. The van der Waals surface area contributed by atoms with Crippen molar-refractivity contribution in [3.8, 4) is 0 Å². The largest absolute Gasteiger partial charge is 0.322 e. The molecule has 1 N–H and O–H groups in total. The number of pyridine rings is 1. The zero-order valence-corrected chi connectivity index (χ0v) is 12.2. The zero-order valence-electron chi connectivity index (χ0n) is 12.2. The molecule has 3 rings (SSSR count). The van der Waals surface area contributed by atoms with Crippen LogP contribution in [0, 0.1) is 0 Å². The van der Waals surface area contributed by atoms with E-state index in [0.29, 0.717) is 6.04 Å². The molecule has 2 aromatic heterocycles. The molecule has 0 radical (unpaired) electrons. The smallest absolute Gasteiger partial charge is 0.128 e. The minimum Gasteiger partial charge on any atom is -0.322 e. The van der Waals surface area contributed by atoms with E-state index in [4.69, 9.17) is 4.98 Å². The van der Waals surface area contributed by atoms with E-state index in [1.54, 1.807) is 0 Å². The number of nitrogens with zero attached hydrogens (tertiary/aromatic N) is 3. The number of imidazole rings is 1. The van der Waals surface area contributed by atoms with Crippen molar-refractivity contribution in [1.29, 1.82) is 0 Å². The molecule has 0 spiro atoms. The highest BCUT2D eigenvalue weighted by atomic mass is 15.4. The highest BCUT2D eigenvalue weighted by molar-refractivity contribution is 6.02. The summed E-state index contributed by atoms with van der Waals surface area (Å²) in [4.78, 5) is 9.24. The Morgan fingerprint density at radius 1 is 1.20 bits per heavy atom. The first-order chi connectivity index (χ1) is 9.70. The monoisotopic (exact) mass is 268 g/mol. The number of nitrogens with one attached hydrogen (secondary N) is 1. The van der Waals surface area contributed by atoms with Gasteiger partial charge in [-0.25, -0.2) is 9.66 Å². The summed E-state index contributed by atoms with van der Waals surface area (Å²) in [6.45, 7) is 6.46. The first-order valence-corrected chi connectivity index (χ1v) is 7.22. The van der Waals surface area contributed by atoms with Crippen LogP contribution in [-0.2, 0) is 6.42 Å². The number of hydrogen-bond donors (Lipinski definition) is 1. The third-order valence-electron chi connectivity index (χ3n) is 3.32. The van der Waals surface area contributed by atoms with Crippen LogP contribution >= 0.6 is 0 Å². The highest BCUT2D eigenvalue weighted by Gasteiger charge is 2.14. The van der Waals surface area contributed by atoms with Gasteiger partial charge in [0, 0.05) is 17.8 Å². The van der Waals surface area contributed by atoms with E-state index >= 15 is 0 Å². The SMILES string of the molecule is CCCc1nc2cnc3ccccc3c2n1NC(C)C. The second kappa shape index (κ2) is 5.12. The van der Waals surface area contributed by atoms with Crippen molar-refractivity contribution in [3.63, 3.8) is 0 Å². The molecule has 0 aliphatic carbocycles. The van der Waals surface area contributed by atoms with Crippen LogP contribution in [0.4, 0.5) is 0 Å². The second-order valence-corrected chi connectivity index (χ2v) is 5.41. The summed E-state index contributed by atoms with van der Waals surface area (Å²) in [6.07, 6.45) is 3.91. The average molecular weight is 268 g/mol. The van der Waals surface area contributed by atoms with E-state index in [9.17, 15) is 0 Å². The lowest BCUT2D eigenvalue weighted by Gasteiger charge is -2.15. The van der Waals surface area contributed by atoms with E-state index < -0.39 is 0 Å². The molecule has 4 heteroatoms. The Morgan fingerprint density at radius 3 is 2.75 bits per heavy atom. The van der Waals surface area contributed by atoms with Crippen LogP contribution in [0.5, 0.6) is 0 Å². The van der Waals surface area contributed by atoms with Crippen molar-refractivity contribution in [2.24, 2.45) is 0 Å². The number of aromatic nitrogens is 3. The van der Waals surface area contributed by atoms with Crippen LogP contribution in [0.25, 0.3) is 21.9 Å². The number of benzene rings is 1. The summed E-state index contributed by atoms with van der Waals surface area (Å²) >= 11 is 0. The van der Waals surface area contributed by atoms with Crippen molar-refractivity contribution < 1.29 is 0 Å². The van der Waals surface area contributed by atoms with Gasteiger partial charge in [-0.15, -0.1) is 0 Å². The Labute approximate surface area is 118 Å². The number of aryl methyl sites for hydroxylation is 1. The lowest BCUT2D eigenvalue weighted by molar-refractivity contribution is 0.699. The van der Waals surface area contributed by atoms with E-state index in [-0.39, 0.29) is 0 Å². The van der Waals surface area contributed by atoms with Crippen molar-refractivity contribution in [3.05, 3.63) is 36.3 Å². The molecule has 1 aromatic carbocycles. The lowest BCUT2D eigenvalue weighted by Crippen LogP contribution is -2.24. The third kappa shape index (κ3) is 2.11. The molecule has 20 heavy (non-hydrogen) atoms. The maximum absolute atomic E-state index is 4.74. The molecule has 0 saturated heterocycles. The van der Waals surface area contributed by atoms with Crippen LogP contribution < -0.4 is 5.43 Å². The van der Waals surface area contributed by atoms with E-state index in [1.165, 1.54) is 0 Å². The highest BCUT2D eigenvalue weighted by Crippen LogP contribution is 2.24. The molecule has 0 saturated carbocycles. The zero-order chi connectivity index (χ0) is 14.1. The maximum Gasteiger partial charge on any atom is 0.128 e. The molecule has 104 valence electrons.